The highest BCUT2D eigenvalue weighted by molar-refractivity contribution is 4.84. The van der Waals surface area contributed by atoms with Gasteiger partial charge in [0.1, 0.15) is 0 Å². The van der Waals surface area contributed by atoms with Crippen molar-refractivity contribution >= 4 is 0 Å². The van der Waals surface area contributed by atoms with Crippen molar-refractivity contribution in [1.82, 2.24) is 10.2 Å². The molecule has 1 aliphatic carbocycles. The van der Waals surface area contributed by atoms with Crippen LogP contribution < -0.4 is 5.32 Å². The minimum absolute atomic E-state index is 0.00935. The Hall–Kier alpha value is -0.120. The smallest absolute Gasteiger partial charge is 0.0546 e. The quantitative estimate of drug-likeness (QED) is 0.764. The number of aliphatic hydroxyl groups excluding tert-OH is 1. The highest BCUT2D eigenvalue weighted by Crippen LogP contribution is 2.27. The fraction of sp³-hybridized carbons (Fsp3) is 1.00. The molecular weight excluding hydrogens is 212 g/mol. The monoisotopic (exact) mass is 240 g/mol. The number of piperidine rings is 1. The Kier molecular flexibility index (Phi) is 4.83. The summed E-state index contributed by atoms with van der Waals surface area (Å²) >= 11 is 0. The standard InChI is InChI=1S/C14H28N2O/c1-3-16-6-4-13(5-7-16)11(2)15-10-12-8-14(17)9-12/h11-15,17H,3-10H2,1-2H3. The van der Waals surface area contributed by atoms with E-state index >= 15 is 0 Å². The van der Waals surface area contributed by atoms with Crippen LogP contribution in [-0.2, 0) is 0 Å². The third-order valence-electron chi connectivity index (χ3n) is 4.73. The molecule has 0 amide bonds. The number of aliphatic hydroxyl groups is 1. The molecule has 1 aliphatic heterocycles. The normalized spacial score (nSPS) is 33.4. The van der Waals surface area contributed by atoms with Crippen molar-refractivity contribution in [2.75, 3.05) is 26.2 Å². The zero-order valence-electron chi connectivity index (χ0n) is 11.4. The van der Waals surface area contributed by atoms with Crippen LogP contribution in [0.25, 0.3) is 0 Å². The third kappa shape index (κ3) is 3.67. The van der Waals surface area contributed by atoms with Gasteiger partial charge in [0.2, 0.25) is 0 Å². The van der Waals surface area contributed by atoms with Gasteiger partial charge in [-0.1, -0.05) is 6.92 Å². The molecule has 1 heterocycles. The van der Waals surface area contributed by atoms with E-state index < -0.39 is 0 Å². The third-order valence-corrected chi connectivity index (χ3v) is 4.73. The first-order valence-electron chi connectivity index (χ1n) is 7.32. The SMILES string of the molecule is CCN1CCC(C(C)NCC2CC(O)C2)CC1. The lowest BCUT2D eigenvalue weighted by molar-refractivity contribution is 0.0402. The fourth-order valence-corrected chi connectivity index (χ4v) is 3.16. The van der Waals surface area contributed by atoms with E-state index in [0.717, 1.165) is 31.2 Å². The Morgan fingerprint density at radius 2 is 1.94 bits per heavy atom. The summed E-state index contributed by atoms with van der Waals surface area (Å²) in [6.45, 7) is 9.44. The molecular formula is C14H28N2O. The molecule has 0 aromatic carbocycles. The average molecular weight is 240 g/mol. The summed E-state index contributed by atoms with van der Waals surface area (Å²) < 4.78 is 0. The highest BCUT2D eigenvalue weighted by atomic mass is 16.3. The van der Waals surface area contributed by atoms with Gasteiger partial charge in [-0.25, -0.2) is 0 Å². The first-order valence-corrected chi connectivity index (χ1v) is 7.32. The summed E-state index contributed by atoms with van der Waals surface area (Å²) in [4.78, 5) is 2.55. The summed E-state index contributed by atoms with van der Waals surface area (Å²) in [5.74, 6) is 1.57. The van der Waals surface area contributed by atoms with Gasteiger partial charge < -0.3 is 15.3 Å². The Balaban J connectivity index is 1.61. The predicted molar refractivity (Wildman–Crippen MR) is 71.0 cm³/mol. The average Bonchev–Trinajstić information content (AvgIpc) is 2.33. The maximum absolute atomic E-state index is 9.26. The minimum Gasteiger partial charge on any atom is -0.393 e. The van der Waals surface area contributed by atoms with E-state index in [0.29, 0.717) is 6.04 Å². The molecule has 0 aromatic heterocycles. The molecule has 0 aromatic rings. The lowest BCUT2D eigenvalue weighted by atomic mass is 9.82. The zero-order valence-corrected chi connectivity index (χ0v) is 11.4. The van der Waals surface area contributed by atoms with Gasteiger partial charge in [-0.05, 0) is 70.6 Å². The lowest BCUT2D eigenvalue weighted by Crippen LogP contribution is -2.45. The molecule has 0 bridgehead atoms. The maximum Gasteiger partial charge on any atom is 0.0546 e. The van der Waals surface area contributed by atoms with E-state index in [2.05, 4.69) is 24.1 Å². The van der Waals surface area contributed by atoms with E-state index in [1.807, 2.05) is 0 Å². The predicted octanol–water partition coefficient (Wildman–Crippen LogP) is 1.47. The van der Waals surface area contributed by atoms with E-state index in [1.165, 1.54) is 32.5 Å². The van der Waals surface area contributed by atoms with Crippen LogP contribution in [0, 0.1) is 11.8 Å². The van der Waals surface area contributed by atoms with Gasteiger partial charge in [-0.15, -0.1) is 0 Å². The lowest BCUT2D eigenvalue weighted by Gasteiger charge is -2.37. The van der Waals surface area contributed by atoms with E-state index in [4.69, 9.17) is 0 Å². The molecule has 1 unspecified atom stereocenters. The van der Waals surface area contributed by atoms with Crippen molar-refractivity contribution < 1.29 is 5.11 Å². The molecule has 0 spiro atoms. The largest absolute Gasteiger partial charge is 0.393 e. The number of nitrogens with zero attached hydrogens (tertiary/aromatic N) is 1. The van der Waals surface area contributed by atoms with Crippen LogP contribution in [0.2, 0.25) is 0 Å². The zero-order chi connectivity index (χ0) is 12.3. The summed E-state index contributed by atoms with van der Waals surface area (Å²) in [6, 6.07) is 0.645. The second-order valence-electron chi connectivity index (χ2n) is 5.96. The molecule has 1 saturated heterocycles. The van der Waals surface area contributed by atoms with Crippen molar-refractivity contribution in [2.45, 2.75) is 51.7 Å². The van der Waals surface area contributed by atoms with Crippen molar-refractivity contribution in [3.8, 4) is 0 Å². The van der Waals surface area contributed by atoms with Crippen molar-refractivity contribution in [2.24, 2.45) is 11.8 Å². The van der Waals surface area contributed by atoms with Crippen LogP contribution in [0.15, 0.2) is 0 Å². The topological polar surface area (TPSA) is 35.5 Å². The van der Waals surface area contributed by atoms with Crippen LogP contribution >= 0.6 is 0 Å². The Morgan fingerprint density at radius 1 is 1.29 bits per heavy atom. The number of hydrogen-bond acceptors (Lipinski definition) is 3. The molecule has 0 radical (unpaired) electrons. The fourth-order valence-electron chi connectivity index (χ4n) is 3.16. The first kappa shape index (κ1) is 13.3. The van der Waals surface area contributed by atoms with Crippen LogP contribution in [-0.4, -0.2) is 48.3 Å². The summed E-state index contributed by atoms with van der Waals surface area (Å²) in [6.07, 6.45) is 4.69. The minimum atomic E-state index is -0.00935. The van der Waals surface area contributed by atoms with E-state index in [-0.39, 0.29) is 6.10 Å². The van der Waals surface area contributed by atoms with Crippen LogP contribution in [0.1, 0.15) is 39.5 Å². The van der Waals surface area contributed by atoms with Gasteiger partial charge in [0.25, 0.3) is 0 Å². The maximum atomic E-state index is 9.26. The summed E-state index contributed by atoms with van der Waals surface area (Å²) in [5.41, 5.74) is 0. The molecule has 2 N–H and O–H groups in total. The molecule has 3 heteroatoms. The second kappa shape index (κ2) is 6.17. The number of nitrogens with one attached hydrogen (secondary N) is 1. The Labute approximate surface area is 106 Å². The van der Waals surface area contributed by atoms with Gasteiger partial charge >= 0.3 is 0 Å². The van der Waals surface area contributed by atoms with Crippen LogP contribution in [0.5, 0.6) is 0 Å². The van der Waals surface area contributed by atoms with Crippen LogP contribution in [0.4, 0.5) is 0 Å². The molecule has 1 atom stereocenters. The van der Waals surface area contributed by atoms with Gasteiger partial charge in [-0.3, -0.25) is 0 Å². The summed E-state index contributed by atoms with van der Waals surface area (Å²) in [5, 5.41) is 12.9. The molecule has 2 fully saturated rings. The van der Waals surface area contributed by atoms with Gasteiger partial charge in [0.15, 0.2) is 0 Å². The molecule has 1 saturated carbocycles. The first-order chi connectivity index (χ1) is 8.19. The Morgan fingerprint density at radius 3 is 2.47 bits per heavy atom. The van der Waals surface area contributed by atoms with Gasteiger partial charge in [0.05, 0.1) is 6.10 Å². The molecule has 3 nitrogen and oxygen atoms in total. The van der Waals surface area contributed by atoms with Crippen molar-refractivity contribution in [3.63, 3.8) is 0 Å². The second-order valence-corrected chi connectivity index (χ2v) is 5.96. The molecule has 2 rings (SSSR count). The highest BCUT2D eigenvalue weighted by Gasteiger charge is 2.28. The Bertz CT molecular complexity index is 220. The molecule has 17 heavy (non-hydrogen) atoms. The molecule has 2 aliphatic rings. The number of rotatable bonds is 5. The van der Waals surface area contributed by atoms with E-state index in [9.17, 15) is 5.11 Å². The van der Waals surface area contributed by atoms with Crippen molar-refractivity contribution in [1.29, 1.82) is 0 Å². The van der Waals surface area contributed by atoms with Crippen LogP contribution in [0.3, 0.4) is 0 Å². The van der Waals surface area contributed by atoms with Gasteiger partial charge in [0, 0.05) is 6.04 Å². The molecule has 100 valence electrons. The van der Waals surface area contributed by atoms with Crippen molar-refractivity contribution in [3.05, 3.63) is 0 Å². The van der Waals surface area contributed by atoms with Gasteiger partial charge in [-0.2, -0.15) is 0 Å². The van der Waals surface area contributed by atoms with E-state index in [1.54, 1.807) is 0 Å². The summed E-state index contributed by atoms with van der Waals surface area (Å²) in [7, 11) is 0. The number of likely N-dealkylation sites (tertiary alicyclic amines) is 1. The number of hydrogen-bond donors (Lipinski definition) is 2.